The molecule has 1 rings (SSSR count). The average molecular weight is 197 g/mol. The molecule has 1 aromatic rings. The van der Waals surface area contributed by atoms with Gasteiger partial charge in [0.1, 0.15) is 0 Å². The van der Waals surface area contributed by atoms with Crippen molar-refractivity contribution in [3.63, 3.8) is 0 Å². The molecule has 0 aliphatic rings. The predicted molar refractivity (Wildman–Crippen MR) is 56.6 cm³/mol. The Hall–Kier alpha value is -0.790. The molecule has 0 aliphatic carbocycles. The standard InChI is InChI=1S/C11H13ClO/c1-8(12)11(9(2)13)10-6-4-3-5-7-10/h3-7,9,13H,1-2H3/b11-8+. The first-order valence-corrected chi connectivity index (χ1v) is 4.60. The van der Waals surface area contributed by atoms with Gasteiger partial charge in [-0.15, -0.1) is 0 Å². The summed E-state index contributed by atoms with van der Waals surface area (Å²) in [7, 11) is 0. The number of allylic oxidation sites excluding steroid dienone is 1. The highest BCUT2D eigenvalue weighted by molar-refractivity contribution is 6.32. The van der Waals surface area contributed by atoms with E-state index in [9.17, 15) is 5.11 Å². The maximum atomic E-state index is 9.49. The summed E-state index contributed by atoms with van der Waals surface area (Å²) in [5.41, 5.74) is 1.77. The fourth-order valence-corrected chi connectivity index (χ4v) is 1.61. The van der Waals surface area contributed by atoms with E-state index in [1.54, 1.807) is 13.8 Å². The zero-order chi connectivity index (χ0) is 9.84. The highest BCUT2D eigenvalue weighted by atomic mass is 35.5. The van der Waals surface area contributed by atoms with Crippen LogP contribution in [0.15, 0.2) is 35.4 Å². The monoisotopic (exact) mass is 196 g/mol. The van der Waals surface area contributed by atoms with Gasteiger partial charge in [-0.1, -0.05) is 41.9 Å². The Bertz CT molecular complexity index is 297. The summed E-state index contributed by atoms with van der Waals surface area (Å²) in [6, 6.07) is 9.67. The summed E-state index contributed by atoms with van der Waals surface area (Å²) in [4.78, 5) is 0. The van der Waals surface area contributed by atoms with Crippen LogP contribution in [0.2, 0.25) is 0 Å². The van der Waals surface area contributed by atoms with E-state index in [1.807, 2.05) is 30.3 Å². The van der Waals surface area contributed by atoms with Crippen molar-refractivity contribution in [2.24, 2.45) is 0 Å². The van der Waals surface area contributed by atoms with Crippen LogP contribution in [0.4, 0.5) is 0 Å². The minimum Gasteiger partial charge on any atom is -0.389 e. The van der Waals surface area contributed by atoms with Crippen LogP contribution in [-0.2, 0) is 0 Å². The third-order valence-corrected chi connectivity index (χ3v) is 2.08. The lowest BCUT2D eigenvalue weighted by molar-refractivity contribution is 0.253. The second-order valence-electron chi connectivity index (χ2n) is 2.99. The van der Waals surface area contributed by atoms with Gasteiger partial charge in [0.25, 0.3) is 0 Å². The summed E-state index contributed by atoms with van der Waals surface area (Å²) in [5.74, 6) is 0. The highest BCUT2D eigenvalue weighted by Gasteiger charge is 2.09. The van der Waals surface area contributed by atoms with Crippen molar-refractivity contribution in [3.8, 4) is 0 Å². The van der Waals surface area contributed by atoms with Crippen molar-refractivity contribution in [2.75, 3.05) is 0 Å². The Morgan fingerprint density at radius 3 is 2.23 bits per heavy atom. The van der Waals surface area contributed by atoms with Crippen molar-refractivity contribution in [3.05, 3.63) is 40.9 Å². The second kappa shape index (κ2) is 4.45. The lowest BCUT2D eigenvalue weighted by Gasteiger charge is -2.11. The lowest BCUT2D eigenvalue weighted by Crippen LogP contribution is -2.04. The minimum atomic E-state index is -0.528. The molecule has 0 heterocycles. The van der Waals surface area contributed by atoms with E-state index in [0.29, 0.717) is 5.03 Å². The summed E-state index contributed by atoms with van der Waals surface area (Å²) >= 11 is 5.89. The van der Waals surface area contributed by atoms with Crippen LogP contribution in [0.25, 0.3) is 5.57 Å². The van der Waals surface area contributed by atoms with Crippen LogP contribution in [0, 0.1) is 0 Å². The van der Waals surface area contributed by atoms with Gasteiger partial charge < -0.3 is 5.11 Å². The molecule has 13 heavy (non-hydrogen) atoms. The maximum absolute atomic E-state index is 9.49. The number of benzene rings is 1. The zero-order valence-electron chi connectivity index (χ0n) is 7.79. The van der Waals surface area contributed by atoms with E-state index < -0.39 is 6.10 Å². The lowest BCUT2D eigenvalue weighted by atomic mass is 10.0. The molecule has 1 atom stereocenters. The molecule has 0 aromatic heterocycles. The third kappa shape index (κ3) is 2.58. The molecule has 1 N–H and O–H groups in total. The van der Waals surface area contributed by atoms with Crippen LogP contribution in [-0.4, -0.2) is 11.2 Å². The van der Waals surface area contributed by atoms with Gasteiger partial charge >= 0.3 is 0 Å². The van der Waals surface area contributed by atoms with Crippen molar-refractivity contribution in [2.45, 2.75) is 20.0 Å². The first kappa shape index (κ1) is 10.3. The summed E-state index contributed by atoms with van der Waals surface area (Å²) in [6.45, 7) is 3.50. The Balaban J connectivity index is 3.12. The molecular weight excluding hydrogens is 184 g/mol. The molecule has 1 nitrogen and oxygen atoms in total. The Morgan fingerprint density at radius 2 is 1.85 bits per heavy atom. The summed E-state index contributed by atoms with van der Waals surface area (Å²) in [5, 5.41) is 10.1. The van der Waals surface area contributed by atoms with Gasteiger partial charge in [0, 0.05) is 10.6 Å². The molecule has 0 amide bonds. The van der Waals surface area contributed by atoms with E-state index in [1.165, 1.54) is 0 Å². The fourth-order valence-electron chi connectivity index (χ4n) is 1.35. The van der Waals surface area contributed by atoms with Crippen LogP contribution in [0.1, 0.15) is 19.4 Å². The molecule has 0 bridgehead atoms. The summed E-state index contributed by atoms with van der Waals surface area (Å²) < 4.78 is 0. The number of aliphatic hydroxyl groups is 1. The van der Waals surface area contributed by atoms with Gasteiger partial charge in [-0.3, -0.25) is 0 Å². The molecule has 1 aromatic carbocycles. The van der Waals surface area contributed by atoms with E-state index in [-0.39, 0.29) is 0 Å². The van der Waals surface area contributed by atoms with Gasteiger partial charge in [0.15, 0.2) is 0 Å². The highest BCUT2D eigenvalue weighted by Crippen LogP contribution is 2.24. The topological polar surface area (TPSA) is 20.2 Å². The molecule has 0 fully saturated rings. The first-order chi connectivity index (χ1) is 6.13. The molecule has 0 aliphatic heterocycles. The number of aliphatic hydroxyl groups excluding tert-OH is 1. The van der Waals surface area contributed by atoms with Crippen molar-refractivity contribution in [1.29, 1.82) is 0 Å². The SMILES string of the molecule is C/C(Cl)=C(\c1ccccc1)C(C)O. The van der Waals surface area contributed by atoms with Gasteiger partial charge in [0.2, 0.25) is 0 Å². The van der Waals surface area contributed by atoms with Gasteiger partial charge in [0.05, 0.1) is 6.10 Å². The first-order valence-electron chi connectivity index (χ1n) is 4.22. The van der Waals surface area contributed by atoms with Crippen molar-refractivity contribution < 1.29 is 5.11 Å². The Labute approximate surface area is 83.7 Å². The second-order valence-corrected chi connectivity index (χ2v) is 3.56. The molecule has 0 saturated carbocycles. The average Bonchev–Trinajstić information content (AvgIpc) is 2.04. The molecule has 2 heteroatoms. The molecule has 0 spiro atoms. The Morgan fingerprint density at radius 1 is 1.31 bits per heavy atom. The van der Waals surface area contributed by atoms with Crippen molar-refractivity contribution >= 4 is 17.2 Å². The number of hydrogen-bond donors (Lipinski definition) is 1. The Kier molecular flexibility index (Phi) is 3.52. The van der Waals surface area contributed by atoms with Gasteiger partial charge in [-0.2, -0.15) is 0 Å². The van der Waals surface area contributed by atoms with E-state index >= 15 is 0 Å². The van der Waals surface area contributed by atoms with Gasteiger partial charge in [-0.25, -0.2) is 0 Å². The zero-order valence-corrected chi connectivity index (χ0v) is 8.55. The van der Waals surface area contributed by atoms with Gasteiger partial charge in [-0.05, 0) is 19.4 Å². The normalized spacial score (nSPS) is 15.1. The van der Waals surface area contributed by atoms with E-state index in [4.69, 9.17) is 11.6 Å². The van der Waals surface area contributed by atoms with Crippen LogP contribution in [0.5, 0.6) is 0 Å². The van der Waals surface area contributed by atoms with Crippen LogP contribution >= 0.6 is 11.6 Å². The van der Waals surface area contributed by atoms with Crippen LogP contribution in [0.3, 0.4) is 0 Å². The molecule has 0 saturated heterocycles. The predicted octanol–water partition coefficient (Wildman–Crippen LogP) is 3.04. The quantitative estimate of drug-likeness (QED) is 0.771. The summed E-state index contributed by atoms with van der Waals surface area (Å²) in [6.07, 6.45) is -0.528. The molecular formula is C11H13ClO. The number of hydrogen-bond acceptors (Lipinski definition) is 1. The van der Waals surface area contributed by atoms with E-state index in [2.05, 4.69) is 0 Å². The largest absolute Gasteiger partial charge is 0.389 e. The molecule has 0 radical (unpaired) electrons. The smallest absolute Gasteiger partial charge is 0.0778 e. The maximum Gasteiger partial charge on any atom is 0.0778 e. The fraction of sp³-hybridized carbons (Fsp3) is 0.273. The van der Waals surface area contributed by atoms with E-state index in [0.717, 1.165) is 11.1 Å². The molecule has 1 unspecified atom stereocenters. The minimum absolute atomic E-state index is 0.528. The van der Waals surface area contributed by atoms with Crippen LogP contribution < -0.4 is 0 Å². The third-order valence-electron chi connectivity index (χ3n) is 1.87. The number of rotatable bonds is 2. The number of halogens is 1. The van der Waals surface area contributed by atoms with Crippen molar-refractivity contribution in [1.82, 2.24) is 0 Å². The molecule has 70 valence electrons.